The molecule has 0 aliphatic carbocycles. The van der Waals surface area contributed by atoms with E-state index in [9.17, 15) is 10.1 Å². The monoisotopic (exact) mass is 283 g/mol. The number of nitro benzene ring substituents is 1. The second kappa shape index (κ2) is 5.79. The maximum atomic E-state index is 10.9. The Morgan fingerprint density at radius 3 is 3.00 bits per heavy atom. The summed E-state index contributed by atoms with van der Waals surface area (Å²) in [4.78, 5) is 14.6. The third-order valence-corrected chi connectivity index (χ3v) is 3.37. The molecule has 18 heavy (non-hydrogen) atoms. The van der Waals surface area contributed by atoms with Crippen molar-refractivity contribution in [3.63, 3.8) is 0 Å². The molecular weight excluding hydrogens is 274 g/mol. The molecule has 1 heterocycles. The van der Waals surface area contributed by atoms with Gasteiger partial charge in [-0.25, -0.2) is 4.98 Å². The average molecular weight is 284 g/mol. The number of hydrogen-bond acceptors (Lipinski definition) is 5. The summed E-state index contributed by atoms with van der Waals surface area (Å²) in [5.74, 6) is 0. The number of rotatable bonds is 5. The van der Waals surface area contributed by atoms with Gasteiger partial charge in [0.25, 0.3) is 5.69 Å². The van der Waals surface area contributed by atoms with E-state index in [-0.39, 0.29) is 5.69 Å². The summed E-state index contributed by atoms with van der Waals surface area (Å²) in [5.41, 5.74) is 0.461. The minimum Gasteiger partial charge on any atom is -0.379 e. The van der Waals surface area contributed by atoms with Crippen molar-refractivity contribution < 1.29 is 4.92 Å². The third kappa shape index (κ3) is 3.18. The van der Waals surface area contributed by atoms with Crippen LogP contribution >= 0.6 is 22.9 Å². The van der Waals surface area contributed by atoms with Gasteiger partial charge in [0, 0.05) is 35.6 Å². The second-order valence-corrected chi connectivity index (χ2v) is 4.94. The summed E-state index contributed by atoms with van der Waals surface area (Å²) < 4.78 is 0. The highest BCUT2D eigenvalue weighted by atomic mass is 35.5. The van der Waals surface area contributed by atoms with E-state index >= 15 is 0 Å². The molecule has 0 bridgehead atoms. The lowest BCUT2D eigenvalue weighted by molar-refractivity contribution is -0.383. The lowest BCUT2D eigenvalue weighted by Gasteiger charge is -2.06. The quantitative estimate of drug-likeness (QED) is 0.675. The molecule has 1 aromatic heterocycles. The number of aromatic nitrogens is 1. The minimum atomic E-state index is -0.447. The zero-order valence-electron chi connectivity index (χ0n) is 9.30. The van der Waals surface area contributed by atoms with Crippen LogP contribution in [0, 0.1) is 10.1 Å². The van der Waals surface area contributed by atoms with Crippen molar-refractivity contribution in [1.29, 1.82) is 0 Å². The van der Waals surface area contributed by atoms with E-state index in [2.05, 4.69) is 10.3 Å². The first kappa shape index (κ1) is 12.8. The fourth-order valence-corrected chi connectivity index (χ4v) is 2.27. The molecule has 0 aliphatic rings. The zero-order chi connectivity index (χ0) is 13.0. The molecule has 0 aliphatic heterocycles. The lowest BCUT2D eigenvalue weighted by atomic mass is 10.2. The number of thiazole rings is 1. The van der Waals surface area contributed by atoms with Crippen LogP contribution in [0.4, 0.5) is 11.4 Å². The molecule has 0 spiro atoms. The van der Waals surface area contributed by atoms with Gasteiger partial charge in [0.15, 0.2) is 0 Å². The molecule has 0 radical (unpaired) electrons. The molecular formula is C11H10ClN3O2S. The van der Waals surface area contributed by atoms with Gasteiger partial charge < -0.3 is 5.32 Å². The maximum Gasteiger partial charge on any atom is 0.293 e. The van der Waals surface area contributed by atoms with Crippen molar-refractivity contribution in [3.8, 4) is 0 Å². The summed E-state index contributed by atoms with van der Waals surface area (Å²) in [7, 11) is 0. The summed E-state index contributed by atoms with van der Waals surface area (Å²) in [6, 6.07) is 4.58. The minimum absolute atomic E-state index is 0.0124. The highest BCUT2D eigenvalue weighted by molar-refractivity contribution is 7.09. The van der Waals surface area contributed by atoms with E-state index < -0.39 is 4.92 Å². The van der Waals surface area contributed by atoms with Gasteiger partial charge in [0.1, 0.15) is 5.69 Å². The fraction of sp³-hybridized carbons (Fsp3) is 0.182. The van der Waals surface area contributed by atoms with Crippen LogP contribution in [0.2, 0.25) is 5.02 Å². The fourth-order valence-electron chi connectivity index (χ4n) is 1.49. The van der Waals surface area contributed by atoms with Gasteiger partial charge in [-0.3, -0.25) is 10.1 Å². The molecule has 0 atom stereocenters. The van der Waals surface area contributed by atoms with Crippen LogP contribution in [0.1, 0.15) is 5.01 Å². The van der Waals surface area contributed by atoms with E-state index in [1.165, 1.54) is 6.07 Å². The van der Waals surface area contributed by atoms with Gasteiger partial charge in [0.2, 0.25) is 0 Å². The van der Waals surface area contributed by atoms with Crippen LogP contribution in [0.25, 0.3) is 0 Å². The van der Waals surface area contributed by atoms with Crippen molar-refractivity contribution in [1.82, 2.24) is 4.98 Å². The predicted molar refractivity (Wildman–Crippen MR) is 72.4 cm³/mol. The molecule has 7 heteroatoms. The molecule has 1 aromatic carbocycles. The smallest absolute Gasteiger partial charge is 0.293 e. The van der Waals surface area contributed by atoms with E-state index in [0.717, 1.165) is 11.4 Å². The highest BCUT2D eigenvalue weighted by Gasteiger charge is 2.13. The van der Waals surface area contributed by atoms with Gasteiger partial charge in [0.05, 0.1) is 9.93 Å². The number of anilines is 1. The Morgan fingerprint density at radius 2 is 2.33 bits per heavy atom. The van der Waals surface area contributed by atoms with E-state index in [0.29, 0.717) is 17.3 Å². The Morgan fingerprint density at radius 1 is 1.50 bits per heavy atom. The predicted octanol–water partition coefficient (Wildman–Crippen LogP) is 3.36. The number of nitrogens with zero attached hydrogens (tertiary/aromatic N) is 2. The average Bonchev–Trinajstić information content (AvgIpc) is 2.84. The Hall–Kier alpha value is -1.66. The van der Waals surface area contributed by atoms with Crippen LogP contribution in [-0.4, -0.2) is 16.5 Å². The largest absolute Gasteiger partial charge is 0.379 e. The topological polar surface area (TPSA) is 68.1 Å². The van der Waals surface area contributed by atoms with Crippen molar-refractivity contribution in [2.75, 3.05) is 11.9 Å². The normalized spacial score (nSPS) is 10.3. The second-order valence-electron chi connectivity index (χ2n) is 3.52. The van der Waals surface area contributed by atoms with Crippen molar-refractivity contribution in [3.05, 3.63) is 49.9 Å². The summed E-state index contributed by atoms with van der Waals surface area (Å²) in [6.07, 6.45) is 2.47. The summed E-state index contributed by atoms with van der Waals surface area (Å²) in [6.45, 7) is 0.593. The summed E-state index contributed by atoms with van der Waals surface area (Å²) >= 11 is 7.30. The third-order valence-electron chi connectivity index (χ3n) is 2.29. The molecule has 94 valence electrons. The maximum absolute atomic E-state index is 10.9. The van der Waals surface area contributed by atoms with Gasteiger partial charge in [-0.05, 0) is 12.1 Å². The number of benzene rings is 1. The molecule has 2 rings (SSSR count). The van der Waals surface area contributed by atoms with Crippen LogP contribution in [0.5, 0.6) is 0 Å². The molecule has 5 nitrogen and oxygen atoms in total. The van der Waals surface area contributed by atoms with Crippen LogP contribution in [-0.2, 0) is 6.42 Å². The van der Waals surface area contributed by atoms with Crippen LogP contribution < -0.4 is 5.32 Å². The van der Waals surface area contributed by atoms with E-state index in [4.69, 9.17) is 11.6 Å². The number of hydrogen-bond donors (Lipinski definition) is 1. The Labute approximate surface area is 113 Å². The number of nitrogens with one attached hydrogen (secondary N) is 1. The number of nitro groups is 1. The first-order chi connectivity index (χ1) is 8.66. The Kier molecular flexibility index (Phi) is 4.11. The summed E-state index contributed by atoms with van der Waals surface area (Å²) in [5, 5.41) is 17.1. The van der Waals surface area contributed by atoms with Crippen molar-refractivity contribution in [2.24, 2.45) is 0 Å². The Bertz CT molecular complexity index is 545. The van der Waals surface area contributed by atoms with Crippen molar-refractivity contribution >= 4 is 34.3 Å². The van der Waals surface area contributed by atoms with Crippen LogP contribution in [0.15, 0.2) is 29.8 Å². The zero-order valence-corrected chi connectivity index (χ0v) is 10.9. The van der Waals surface area contributed by atoms with Crippen molar-refractivity contribution in [2.45, 2.75) is 6.42 Å². The molecule has 0 fully saturated rings. The van der Waals surface area contributed by atoms with E-state index in [1.807, 2.05) is 5.38 Å². The highest BCUT2D eigenvalue weighted by Crippen LogP contribution is 2.27. The van der Waals surface area contributed by atoms with Gasteiger partial charge in [-0.2, -0.15) is 0 Å². The first-order valence-corrected chi connectivity index (χ1v) is 6.49. The standard InChI is InChI=1S/C11H10ClN3O2S/c12-8-1-2-9(10(7-8)15(16)17)13-4-3-11-14-5-6-18-11/h1-2,5-7,13H,3-4H2. The first-order valence-electron chi connectivity index (χ1n) is 5.23. The number of halogens is 1. The van der Waals surface area contributed by atoms with E-state index in [1.54, 1.807) is 29.7 Å². The molecule has 0 amide bonds. The van der Waals surface area contributed by atoms with Gasteiger partial charge >= 0.3 is 0 Å². The lowest BCUT2D eigenvalue weighted by Crippen LogP contribution is -2.06. The molecule has 0 saturated carbocycles. The molecule has 0 saturated heterocycles. The Balaban J connectivity index is 2.02. The van der Waals surface area contributed by atoms with Gasteiger partial charge in [-0.1, -0.05) is 11.6 Å². The SMILES string of the molecule is O=[N+]([O-])c1cc(Cl)ccc1NCCc1nccs1. The molecule has 0 unspecified atom stereocenters. The molecule has 1 N–H and O–H groups in total. The van der Waals surface area contributed by atoms with Crippen LogP contribution in [0.3, 0.4) is 0 Å². The van der Waals surface area contributed by atoms with Gasteiger partial charge in [-0.15, -0.1) is 11.3 Å². The molecule has 2 aromatic rings.